The Balaban J connectivity index is 1.11. The number of carbonyl (C=O) groups excluding carboxylic acids is 2. The number of imide groups is 1. The van der Waals surface area contributed by atoms with E-state index in [2.05, 4.69) is 10.3 Å². The van der Waals surface area contributed by atoms with Crippen LogP contribution in [0.4, 0.5) is 17.1 Å². The van der Waals surface area contributed by atoms with E-state index in [9.17, 15) is 19.7 Å². The first-order valence-electron chi connectivity index (χ1n) is 18.5. The summed E-state index contributed by atoms with van der Waals surface area (Å²) < 4.78 is 12.6. The highest BCUT2D eigenvalue weighted by molar-refractivity contribution is 6.43. The fraction of sp³-hybridized carbons (Fsp3) is 0.205. The van der Waals surface area contributed by atoms with E-state index in [0.717, 1.165) is 39.4 Å². The summed E-state index contributed by atoms with van der Waals surface area (Å²) in [4.78, 5) is 34.7. The molecule has 11 heteroatoms. The van der Waals surface area contributed by atoms with Crippen molar-refractivity contribution < 1.29 is 29.1 Å². The number of para-hydroxylation sites is 2. The third-order valence-electron chi connectivity index (χ3n) is 10.6. The van der Waals surface area contributed by atoms with E-state index in [1.54, 1.807) is 30.5 Å². The molecular formula is C44H39BClN3O6. The second-order valence-corrected chi connectivity index (χ2v) is 14.5. The van der Waals surface area contributed by atoms with Gasteiger partial charge < -0.3 is 24.8 Å². The molecule has 0 radical (unpaired) electrons. The lowest BCUT2D eigenvalue weighted by Gasteiger charge is -2.43. The summed E-state index contributed by atoms with van der Waals surface area (Å²) in [6.07, 6.45) is 4.57. The number of rotatable bonds is 11. The van der Waals surface area contributed by atoms with Crippen LogP contribution in [-0.2, 0) is 14.2 Å². The van der Waals surface area contributed by atoms with E-state index in [4.69, 9.17) is 21.0 Å². The number of amides is 2. The van der Waals surface area contributed by atoms with Gasteiger partial charge in [0.25, 0.3) is 0 Å². The highest BCUT2D eigenvalue weighted by atomic mass is 35.5. The maximum Gasteiger partial charge on any atom is 0.455 e. The topological polar surface area (TPSA) is 121 Å². The number of halogens is 1. The molecule has 8 rings (SSSR count). The van der Waals surface area contributed by atoms with Gasteiger partial charge in [0.2, 0.25) is 11.8 Å². The Morgan fingerprint density at radius 2 is 1.64 bits per heavy atom. The predicted octanol–water partition coefficient (Wildman–Crippen LogP) is 8.59. The van der Waals surface area contributed by atoms with Crippen LogP contribution >= 0.6 is 11.6 Å². The van der Waals surface area contributed by atoms with Crippen molar-refractivity contribution in [3.8, 4) is 11.5 Å². The number of carbonyl (C=O) groups is 2. The predicted molar refractivity (Wildman–Crippen MR) is 215 cm³/mol. The number of nitrogens with one attached hydrogen (secondary N) is 1. The van der Waals surface area contributed by atoms with Gasteiger partial charge in [-0.2, -0.15) is 0 Å². The fourth-order valence-corrected chi connectivity index (χ4v) is 8.38. The second-order valence-electron chi connectivity index (χ2n) is 14.1. The van der Waals surface area contributed by atoms with Crippen LogP contribution in [0.3, 0.4) is 0 Å². The summed E-state index contributed by atoms with van der Waals surface area (Å²) in [6.45, 7) is 0.211. The zero-order valence-electron chi connectivity index (χ0n) is 29.9. The molecule has 5 aromatic rings. The fourth-order valence-electron chi connectivity index (χ4n) is 8.15. The van der Waals surface area contributed by atoms with Gasteiger partial charge in [0.05, 0.1) is 34.3 Å². The van der Waals surface area contributed by atoms with Gasteiger partial charge in [-0.3, -0.25) is 19.5 Å². The Bertz CT molecular complexity index is 2240. The van der Waals surface area contributed by atoms with Crippen LogP contribution in [0.15, 0.2) is 139 Å². The van der Waals surface area contributed by atoms with E-state index >= 15 is 0 Å². The number of benzene rings is 4. The third-order valence-corrected chi connectivity index (χ3v) is 11.0. The van der Waals surface area contributed by atoms with Crippen molar-refractivity contribution in [1.82, 2.24) is 4.98 Å². The van der Waals surface area contributed by atoms with Crippen LogP contribution in [0, 0.1) is 17.8 Å². The van der Waals surface area contributed by atoms with Crippen LogP contribution in [0.1, 0.15) is 30.5 Å². The number of fused-ring (bicyclic) bond motifs is 3. The molecule has 3 aliphatic rings. The molecule has 55 heavy (non-hydrogen) atoms. The normalized spacial score (nSPS) is 21.0. The lowest BCUT2D eigenvalue weighted by Crippen LogP contribution is -2.46. The third kappa shape index (κ3) is 7.80. The molecule has 2 saturated heterocycles. The van der Waals surface area contributed by atoms with Crippen LogP contribution in [-0.4, -0.2) is 46.8 Å². The van der Waals surface area contributed by atoms with Crippen molar-refractivity contribution in [1.29, 1.82) is 0 Å². The Labute approximate surface area is 325 Å². The number of allylic oxidation sites excluding steroid dienone is 1. The van der Waals surface area contributed by atoms with Gasteiger partial charge in [-0.1, -0.05) is 54.1 Å². The molecule has 4 atom stereocenters. The number of phenols is 1. The standard InChI is InChI=1S/C44H39BClN3O6/c46-38-25-34(50)20-14-28(38)23-29(39-13-7-8-22-47-39)15-21-40-41-30(27-54-35-11-5-2-6-12-35)24-36-42(37(41)26-45(53)55-40)44(52)49(43(36)51)33-18-16-32(17-19-33)48-31-9-3-1-4-10-31/h1-14,16-20,22-23,25,36-37,40,42,48,50,53H,15,21,24,26-27H2/b29-23-/t36-,37+,40-,42-/m1/s1. The van der Waals surface area contributed by atoms with E-state index in [-0.39, 0.29) is 30.5 Å². The SMILES string of the molecule is O=C1[C@@H]2[C@@H](CC(COc3ccccc3)=C3[C@@H](CC/C(=C/c4ccc(O)cc4Cl)c4ccccn4)OB(O)C[C@@H]32)C(=O)N1c1ccc(Nc2ccccc2)cc1. The van der Waals surface area contributed by atoms with Gasteiger partial charge in [0.15, 0.2) is 0 Å². The quantitative estimate of drug-likeness (QED) is 0.0698. The monoisotopic (exact) mass is 751 g/mol. The van der Waals surface area contributed by atoms with Crippen LogP contribution in [0.5, 0.6) is 11.5 Å². The molecule has 0 bridgehead atoms. The number of hydrogen-bond acceptors (Lipinski definition) is 8. The number of aromatic hydroxyl groups is 1. The molecule has 3 heterocycles. The van der Waals surface area contributed by atoms with E-state index in [1.807, 2.05) is 97.1 Å². The van der Waals surface area contributed by atoms with Crippen molar-refractivity contribution in [2.45, 2.75) is 31.7 Å². The highest BCUT2D eigenvalue weighted by Gasteiger charge is 2.57. The van der Waals surface area contributed by atoms with Gasteiger partial charge in [-0.15, -0.1) is 0 Å². The van der Waals surface area contributed by atoms with Crippen molar-refractivity contribution in [3.05, 3.63) is 155 Å². The van der Waals surface area contributed by atoms with Gasteiger partial charge in [0.1, 0.15) is 18.1 Å². The number of phenolic OH excluding ortho intramolecular Hbond substituents is 1. The molecule has 276 valence electrons. The van der Waals surface area contributed by atoms with Crippen molar-refractivity contribution in [2.75, 3.05) is 16.8 Å². The molecule has 0 unspecified atom stereocenters. The summed E-state index contributed by atoms with van der Waals surface area (Å²) in [7, 11) is -1.14. The lowest BCUT2D eigenvalue weighted by molar-refractivity contribution is -0.122. The van der Waals surface area contributed by atoms with Crippen molar-refractivity contribution >= 4 is 59.2 Å². The van der Waals surface area contributed by atoms with Crippen LogP contribution in [0.2, 0.25) is 11.3 Å². The zero-order chi connectivity index (χ0) is 37.9. The number of aromatic nitrogens is 1. The molecule has 1 aromatic heterocycles. The summed E-state index contributed by atoms with van der Waals surface area (Å²) >= 11 is 6.53. The van der Waals surface area contributed by atoms with Crippen molar-refractivity contribution in [3.63, 3.8) is 0 Å². The molecule has 2 fully saturated rings. The Morgan fingerprint density at radius 1 is 0.909 bits per heavy atom. The minimum absolute atomic E-state index is 0.0700. The summed E-state index contributed by atoms with van der Waals surface area (Å²) in [5.41, 5.74) is 6.44. The number of nitrogens with zero attached hydrogens (tertiary/aromatic N) is 2. The molecule has 1 aliphatic carbocycles. The number of hydrogen-bond donors (Lipinski definition) is 3. The van der Waals surface area contributed by atoms with Gasteiger partial charge in [-0.25, -0.2) is 0 Å². The Kier molecular flexibility index (Phi) is 10.5. The van der Waals surface area contributed by atoms with Crippen LogP contribution < -0.4 is 15.0 Å². The highest BCUT2D eigenvalue weighted by Crippen LogP contribution is 2.51. The van der Waals surface area contributed by atoms with Gasteiger partial charge >= 0.3 is 7.12 Å². The first kappa shape index (κ1) is 36.3. The average Bonchev–Trinajstić information content (AvgIpc) is 3.46. The van der Waals surface area contributed by atoms with E-state index in [0.29, 0.717) is 35.7 Å². The van der Waals surface area contributed by atoms with Gasteiger partial charge in [-0.05, 0) is 139 Å². The molecule has 4 aromatic carbocycles. The lowest BCUT2D eigenvalue weighted by atomic mass is 9.58. The van der Waals surface area contributed by atoms with Crippen molar-refractivity contribution in [2.24, 2.45) is 17.8 Å². The summed E-state index contributed by atoms with van der Waals surface area (Å²) in [6, 6.07) is 37.1. The first-order chi connectivity index (χ1) is 26.8. The molecule has 0 spiro atoms. The Hall–Kier alpha value is -5.68. The molecule has 2 aliphatic heterocycles. The molecule has 0 saturated carbocycles. The number of pyridine rings is 1. The molecule has 3 N–H and O–H groups in total. The van der Waals surface area contributed by atoms with Crippen LogP contribution in [0.25, 0.3) is 11.6 Å². The molecule has 9 nitrogen and oxygen atoms in total. The largest absolute Gasteiger partial charge is 0.508 e. The minimum atomic E-state index is -1.14. The first-order valence-corrected chi connectivity index (χ1v) is 18.8. The van der Waals surface area contributed by atoms with E-state index in [1.165, 1.54) is 11.0 Å². The van der Waals surface area contributed by atoms with Gasteiger partial charge in [0, 0.05) is 17.6 Å². The summed E-state index contributed by atoms with van der Waals surface area (Å²) in [5.74, 6) is -1.46. The molecule has 2 amide bonds. The average molecular weight is 752 g/mol. The smallest absolute Gasteiger partial charge is 0.455 e. The zero-order valence-corrected chi connectivity index (χ0v) is 30.7. The maximum atomic E-state index is 14.5. The molecular weight excluding hydrogens is 713 g/mol. The number of ether oxygens (including phenoxy) is 1. The Morgan fingerprint density at radius 3 is 2.36 bits per heavy atom. The van der Waals surface area contributed by atoms with E-state index < -0.39 is 31.0 Å². The summed E-state index contributed by atoms with van der Waals surface area (Å²) in [5, 5.41) is 24.9. The second kappa shape index (κ2) is 16.0. The minimum Gasteiger partial charge on any atom is -0.508 e. The maximum absolute atomic E-state index is 14.5. The number of anilines is 3.